The van der Waals surface area contributed by atoms with Crippen LogP contribution >= 0.6 is 23.2 Å². The molecule has 0 amide bonds. The number of H-pyrrole nitrogens is 1. The zero-order valence-corrected chi connectivity index (χ0v) is 15.2. The molecule has 1 aromatic carbocycles. The zero-order valence-electron chi connectivity index (χ0n) is 13.7. The normalized spacial score (nSPS) is 12.6. The molecule has 0 unspecified atom stereocenters. The molecule has 2 heterocycles. The van der Waals surface area contributed by atoms with Gasteiger partial charge in [0.1, 0.15) is 0 Å². The number of halogens is 2. The average molecular weight is 341 g/mol. The molecule has 1 aliphatic rings. The molecular formula is C18H26Cl2N2. The molecule has 0 aliphatic carbocycles. The molecule has 4 heteroatoms. The van der Waals surface area contributed by atoms with Gasteiger partial charge in [-0.25, -0.2) is 0 Å². The molecule has 3 rings (SSSR count). The van der Waals surface area contributed by atoms with E-state index in [1.54, 1.807) is 6.07 Å². The van der Waals surface area contributed by atoms with Crippen LogP contribution < -0.4 is 5.32 Å². The van der Waals surface area contributed by atoms with Crippen LogP contribution in [0.2, 0.25) is 10.0 Å². The first kappa shape index (κ1) is 19.1. The van der Waals surface area contributed by atoms with E-state index in [-0.39, 0.29) is 0 Å². The van der Waals surface area contributed by atoms with E-state index in [0.717, 1.165) is 36.8 Å². The number of benzene rings is 1. The maximum absolute atomic E-state index is 6.15. The number of aromatic amines is 1. The molecule has 2 aromatic rings. The van der Waals surface area contributed by atoms with E-state index >= 15 is 0 Å². The standard InChI is InChI=1S/C11H10Cl2N2.C5H10.C2H6/c12-6-3-7-8-5-14-2-1-10(8)15-11(7)9(13)4-6;1-3-5-4-2;1-2/h3-4,14-15H,1-2,5H2;3H,1,4-5H2,2H3;1-2H3. The Bertz CT molecular complexity index is 603. The van der Waals surface area contributed by atoms with Gasteiger partial charge in [-0.1, -0.05) is 56.5 Å². The Balaban J connectivity index is 0.000000299. The van der Waals surface area contributed by atoms with Crippen molar-refractivity contribution in [3.63, 3.8) is 0 Å². The van der Waals surface area contributed by atoms with E-state index < -0.39 is 0 Å². The molecule has 0 spiro atoms. The Labute approximate surface area is 143 Å². The molecule has 0 radical (unpaired) electrons. The SMILES string of the molecule is C=CCCC.CC.Clc1cc(Cl)c2[nH]c3c(c2c1)CNCC3. The fraction of sp³-hybridized carbons (Fsp3) is 0.444. The van der Waals surface area contributed by atoms with Crippen molar-refractivity contribution in [2.45, 2.75) is 46.6 Å². The number of hydrogen-bond acceptors (Lipinski definition) is 1. The van der Waals surface area contributed by atoms with E-state index in [2.05, 4.69) is 23.8 Å². The van der Waals surface area contributed by atoms with Crippen LogP contribution in [0.4, 0.5) is 0 Å². The van der Waals surface area contributed by atoms with Gasteiger partial charge in [0.25, 0.3) is 0 Å². The second kappa shape index (κ2) is 9.94. The smallest absolute Gasteiger partial charge is 0.0662 e. The lowest BCUT2D eigenvalue weighted by Gasteiger charge is -2.12. The summed E-state index contributed by atoms with van der Waals surface area (Å²) < 4.78 is 0. The first-order chi connectivity index (χ1) is 10.7. The van der Waals surface area contributed by atoms with Gasteiger partial charge in [-0.3, -0.25) is 0 Å². The summed E-state index contributed by atoms with van der Waals surface area (Å²) in [6, 6.07) is 3.76. The summed E-state index contributed by atoms with van der Waals surface area (Å²) in [5, 5.41) is 5.89. The van der Waals surface area contributed by atoms with Crippen LogP contribution in [0, 0.1) is 0 Å². The molecule has 0 bridgehead atoms. The minimum atomic E-state index is 0.694. The summed E-state index contributed by atoms with van der Waals surface area (Å²) in [4.78, 5) is 3.38. The number of fused-ring (bicyclic) bond motifs is 3. The molecule has 0 atom stereocenters. The molecule has 0 fully saturated rings. The van der Waals surface area contributed by atoms with Gasteiger partial charge in [-0.2, -0.15) is 0 Å². The molecule has 2 N–H and O–H groups in total. The van der Waals surface area contributed by atoms with Gasteiger partial charge in [0.2, 0.25) is 0 Å². The van der Waals surface area contributed by atoms with Gasteiger partial charge in [-0.05, 0) is 24.1 Å². The van der Waals surface area contributed by atoms with Crippen LogP contribution in [0.3, 0.4) is 0 Å². The van der Waals surface area contributed by atoms with E-state index in [1.807, 2.05) is 26.0 Å². The largest absolute Gasteiger partial charge is 0.357 e. The van der Waals surface area contributed by atoms with Crippen LogP contribution in [0.5, 0.6) is 0 Å². The number of allylic oxidation sites excluding steroid dienone is 1. The Kier molecular flexibility index (Phi) is 8.62. The van der Waals surface area contributed by atoms with Crippen LogP contribution in [0.15, 0.2) is 24.8 Å². The van der Waals surface area contributed by atoms with E-state index in [0.29, 0.717) is 10.0 Å². The topological polar surface area (TPSA) is 27.8 Å². The lowest BCUT2D eigenvalue weighted by atomic mass is 10.1. The van der Waals surface area contributed by atoms with E-state index in [9.17, 15) is 0 Å². The Morgan fingerprint density at radius 1 is 1.27 bits per heavy atom. The highest BCUT2D eigenvalue weighted by Crippen LogP contribution is 2.32. The van der Waals surface area contributed by atoms with Crippen molar-refractivity contribution in [2.24, 2.45) is 0 Å². The third-order valence-electron chi connectivity index (χ3n) is 3.37. The molecule has 1 aromatic heterocycles. The van der Waals surface area contributed by atoms with Gasteiger partial charge in [-0.15, -0.1) is 6.58 Å². The van der Waals surface area contributed by atoms with Crippen molar-refractivity contribution in [2.75, 3.05) is 6.54 Å². The Morgan fingerprint density at radius 3 is 2.59 bits per heavy atom. The second-order valence-corrected chi connectivity index (χ2v) is 5.74. The molecule has 122 valence electrons. The van der Waals surface area contributed by atoms with Crippen molar-refractivity contribution >= 4 is 34.1 Å². The van der Waals surface area contributed by atoms with E-state index in [4.69, 9.17) is 23.2 Å². The van der Waals surface area contributed by atoms with Gasteiger partial charge in [0.05, 0.1) is 10.5 Å². The first-order valence-corrected chi connectivity index (χ1v) is 8.73. The molecule has 0 saturated carbocycles. The fourth-order valence-electron chi connectivity index (χ4n) is 2.37. The van der Waals surface area contributed by atoms with Crippen molar-refractivity contribution in [3.05, 3.63) is 46.1 Å². The third kappa shape index (κ3) is 4.77. The first-order valence-electron chi connectivity index (χ1n) is 7.97. The summed E-state index contributed by atoms with van der Waals surface area (Å²) in [6.07, 6.45) is 5.33. The maximum Gasteiger partial charge on any atom is 0.0662 e. The predicted molar refractivity (Wildman–Crippen MR) is 100 cm³/mol. The molecule has 22 heavy (non-hydrogen) atoms. The summed E-state index contributed by atoms with van der Waals surface area (Å²) in [5.74, 6) is 0. The molecule has 0 saturated heterocycles. The van der Waals surface area contributed by atoms with Crippen LogP contribution in [-0.2, 0) is 13.0 Å². The lowest BCUT2D eigenvalue weighted by Crippen LogP contribution is -2.22. The number of hydrogen-bond donors (Lipinski definition) is 2. The summed E-state index contributed by atoms with van der Waals surface area (Å²) >= 11 is 12.2. The third-order valence-corrected chi connectivity index (χ3v) is 3.88. The van der Waals surface area contributed by atoms with Crippen molar-refractivity contribution in [1.82, 2.24) is 10.3 Å². The van der Waals surface area contributed by atoms with Crippen LogP contribution in [0.1, 0.15) is 44.9 Å². The van der Waals surface area contributed by atoms with Crippen LogP contribution in [-0.4, -0.2) is 11.5 Å². The van der Waals surface area contributed by atoms with Crippen molar-refractivity contribution in [1.29, 1.82) is 0 Å². The number of nitrogens with one attached hydrogen (secondary N) is 2. The van der Waals surface area contributed by atoms with E-state index in [1.165, 1.54) is 17.7 Å². The summed E-state index contributed by atoms with van der Waals surface area (Å²) in [6.45, 7) is 11.6. The van der Waals surface area contributed by atoms with Crippen molar-refractivity contribution < 1.29 is 0 Å². The molecule has 1 aliphatic heterocycles. The predicted octanol–water partition coefficient (Wildman–Crippen LogP) is 6.12. The van der Waals surface area contributed by atoms with Gasteiger partial charge >= 0.3 is 0 Å². The molecular weight excluding hydrogens is 315 g/mol. The Hall–Kier alpha value is -0.960. The van der Waals surface area contributed by atoms with Crippen LogP contribution in [0.25, 0.3) is 10.9 Å². The zero-order chi connectivity index (χ0) is 16.5. The number of aromatic nitrogens is 1. The van der Waals surface area contributed by atoms with Gasteiger partial charge < -0.3 is 10.3 Å². The maximum atomic E-state index is 6.15. The van der Waals surface area contributed by atoms with Gasteiger partial charge in [0, 0.05) is 35.6 Å². The minimum Gasteiger partial charge on any atom is -0.357 e. The van der Waals surface area contributed by atoms with Gasteiger partial charge in [0.15, 0.2) is 0 Å². The summed E-state index contributed by atoms with van der Waals surface area (Å²) in [5.41, 5.74) is 3.60. The highest BCUT2D eigenvalue weighted by Gasteiger charge is 2.16. The fourth-order valence-corrected chi connectivity index (χ4v) is 2.91. The number of rotatable bonds is 2. The highest BCUT2D eigenvalue weighted by atomic mass is 35.5. The quantitative estimate of drug-likeness (QED) is 0.633. The number of unbranched alkanes of at least 4 members (excludes halogenated alkanes) is 1. The monoisotopic (exact) mass is 340 g/mol. The average Bonchev–Trinajstić information content (AvgIpc) is 2.90. The van der Waals surface area contributed by atoms with Crippen molar-refractivity contribution in [3.8, 4) is 0 Å². The Morgan fingerprint density at radius 2 is 2.00 bits per heavy atom. The second-order valence-electron chi connectivity index (χ2n) is 4.90. The molecule has 2 nitrogen and oxygen atoms in total. The summed E-state index contributed by atoms with van der Waals surface area (Å²) in [7, 11) is 0. The highest BCUT2D eigenvalue weighted by molar-refractivity contribution is 6.38. The minimum absolute atomic E-state index is 0.694. The lowest BCUT2D eigenvalue weighted by molar-refractivity contribution is 0.641.